The van der Waals surface area contributed by atoms with Crippen LogP contribution in [0.4, 0.5) is 11.4 Å². The van der Waals surface area contributed by atoms with Gasteiger partial charge in [0.1, 0.15) is 16.3 Å². The monoisotopic (exact) mass is 320 g/mol. The number of carbonyl (C=O) groups is 1. The molecule has 22 heavy (non-hydrogen) atoms. The van der Waals surface area contributed by atoms with Gasteiger partial charge < -0.3 is 10.2 Å². The van der Waals surface area contributed by atoms with Crippen LogP contribution >= 0.6 is 11.6 Å². The van der Waals surface area contributed by atoms with Crippen LogP contribution < -0.4 is 0 Å². The predicted molar refractivity (Wildman–Crippen MR) is 80.4 cm³/mol. The second kappa shape index (κ2) is 6.23. The number of halogens is 1. The minimum absolute atomic E-state index is 0.0138. The molecule has 112 valence electrons. The van der Waals surface area contributed by atoms with E-state index in [9.17, 15) is 20.0 Å². The molecule has 2 N–H and O–H groups in total. The highest BCUT2D eigenvalue weighted by molar-refractivity contribution is 6.32. The highest BCUT2D eigenvalue weighted by Gasteiger charge is 2.12. The fourth-order valence-corrected chi connectivity index (χ4v) is 1.86. The van der Waals surface area contributed by atoms with E-state index in [-0.39, 0.29) is 27.7 Å². The quantitative estimate of drug-likeness (QED) is 0.509. The Morgan fingerprint density at radius 1 is 1.27 bits per heavy atom. The highest BCUT2D eigenvalue weighted by atomic mass is 35.5. The second-order valence-electron chi connectivity index (χ2n) is 4.23. The van der Waals surface area contributed by atoms with Crippen molar-refractivity contribution >= 4 is 35.2 Å². The fourth-order valence-electron chi connectivity index (χ4n) is 1.67. The minimum atomic E-state index is -1.28. The third-order valence-corrected chi connectivity index (χ3v) is 3.06. The molecule has 0 saturated heterocycles. The lowest BCUT2D eigenvalue weighted by Crippen LogP contribution is -1.96. The summed E-state index contributed by atoms with van der Waals surface area (Å²) in [4.78, 5) is 25.1. The molecule has 0 heterocycles. The smallest absolute Gasteiger partial charge is 0.339 e. The van der Waals surface area contributed by atoms with E-state index < -0.39 is 10.9 Å². The van der Waals surface area contributed by atoms with Crippen molar-refractivity contribution in [2.45, 2.75) is 0 Å². The van der Waals surface area contributed by atoms with Crippen molar-refractivity contribution in [1.82, 2.24) is 0 Å². The van der Waals surface area contributed by atoms with E-state index in [4.69, 9.17) is 16.7 Å². The van der Waals surface area contributed by atoms with Gasteiger partial charge in [0.05, 0.1) is 10.6 Å². The maximum Gasteiger partial charge on any atom is 0.339 e. The van der Waals surface area contributed by atoms with Gasteiger partial charge in [0, 0.05) is 12.3 Å². The highest BCUT2D eigenvalue weighted by Crippen LogP contribution is 2.26. The van der Waals surface area contributed by atoms with E-state index in [0.29, 0.717) is 5.56 Å². The number of aliphatic imine (C=N–C) groups is 1. The summed E-state index contributed by atoms with van der Waals surface area (Å²) < 4.78 is 0. The van der Waals surface area contributed by atoms with Crippen molar-refractivity contribution in [1.29, 1.82) is 0 Å². The zero-order valence-corrected chi connectivity index (χ0v) is 11.7. The number of nitro groups is 1. The molecule has 0 unspecified atom stereocenters. The van der Waals surface area contributed by atoms with Crippen LogP contribution in [0.25, 0.3) is 0 Å². The topological polar surface area (TPSA) is 113 Å². The Morgan fingerprint density at radius 2 is 2.00 bits per heavy atom. The van der Waals surface area contributed by atoms with Crippen LogP contribution in [0, 0.1) is 10.1 Å². The molecule has 0 spiro atoms. The molecule has 2 aromatic carbocycles. The van der Waals surface area contributed by atoms with Crippen molar-refractivity contribution in [3.05, 3.63) is 62.7 Å². The van der Waals surface area contributed by atoms with Crippen LogP contribution in [0.5, 0.6) is 5.75 Å². The largest absolute Gasteiger partial charge is 0.507 e. The average molecular weight is 321 g/mol. The molecule has 8 heteroatoms. The number of hydrogen-bond donors (Lipinski definition) is 2. The van der Waals surface area contributed by atoms with Gasteiger partial charge in [-0.1, -0.05) is 17.7 Å². The number of aromatic hydroxyl groups is 1. The molecular weight excluding hydrogens is 312 g/mol. The fraction of sp³-hybridized carbons (Fsp3) is 0. The van der Waals surface area contributed by atoms with Crippen LogP contribution in [-0.2, 0) is 0 Å². The van der Waals surface area contributed by atoms with Gasteiger partial charge in [0.25, 0.3) is 5.69 Å². The van der Waals surface area contributed by atoms with Crippen molar-refractivity contribution in [3.8, 4) is 5.75 Å². The Balaban J connectivity index is 2.33. The van der Waals surface area contributed by atoms with Crippen molar-refractivity contribution < 1.29 is 19.9 Å². The third kappa shape index (κ3) is 3.39. The van der Waals surface area contributed by atoms with E-state index in [1.807, 2.05) is 0 Å². The Hall–Kier alpha value is -2.93. The summed E-state index contributed by atoms with van der Waals surface area (Å²) in [6.45, 7) is 0. The first kappa shape index (κ1) is 15.5. The first-order valence-corrected chi connectivity index (χ1v) is 6.30. The molecule has 0 amide bonds. The second-order valence-corrected chi connectivity index (χ2v) is 4.64. The summed E-state index contributed by atoms with van der Waals surface area (Å²) in [5, 5.41) is 29.1. The van der Waals surface area contributed by atoms with Crippen LogP contribution in [-0.4, -0.2) is 27.3 Å². The Morgan fingerprint density at radius 3 is 2.64 bits per heavy atom. The van der Waals surface area contributed by atoms with Crippen LogP contribution in [0.3, 0.4) is 0 Å². The van der Waals surface area contributed by atoms with Gasteiger partial charge in [-0.2, -0.15) is 0 Å². The van der Waals surface area contributed by atoms with E-state index in [1.54, 1.807) is 0 Å². The average Bonchev–Trinajstić information content (AvgIpc) is 2.47. The van der Waals surface area contributed by atoms with E-state index >= 15 is 0 Å². The maximum atomic E-state index is 10.9. The number of benzene rings is 2. The summed E-state index contributed by atoms with van der Waals surface area (Å²) in [7, 11) is 0. The van der Waals surface area contributed by atoms with Crippen LogP contribution in [0.2, 0.25) is 5.02 Å². The van der Waals surface area contributed by atoms with Crippen LogP contribution in [0.15, 0.2) is 41.4 Å². The molecule has 7 nitrogen and oxygen atoms in total. The Bertz CT molecular complexity index is 723. The molecule has 0 bridgehead atoms. The van der Waals surface area contributed by atoms with Gasteiger partial charge in [0.15, 0.2) is 0 Å². The van der Waals surface area contributed by atoms with Gasteiger partial charge in [-0.15, -0.1) is 0 Å². The van der Waals surface area contributed by atoms with E-state index in [0.717, 1.165) is 0 Å². The molecule has 0 aromatic heterocycles. The molecule has 0 radical (unpaired) electrons. The first-order valence-electron chi connectivity index (χ1n) is 5.93. The number of phenols is 1. The number of carboxylic acid groups (broad SMARTS) is 1. The molecule has 2 rings (SSSR count). The Kier molecular flexibility index (Phi) is 4.38. The van der Waals surface area contributed by atoms with Crippen molar-refractivity contribution in [2.24, 2.45) is 4.99 Å². The number of aromatic carboxylic acids is 1. The van der Waals surface area contributed by atoms with Gasteiger partial charge >= 0.3 is 5.97 Å². The number of nitro benzene ring substituents is 1. The molecule has 0 aliphatic heterocycles. The van der Waals surface area contributed by atoms with Gasteiger partial charge in [-0.25, -0.2) is 4.79 Å². The normalized spacial score (nSPS) is 10.8. The van der Waals surface area contributed by atoms with Gasteiger partial charge in [-0.3, -0.25) is 15.1 Å². The van der Waals surface area contributed by atoms with Gasteiger partial charge in [-0.05, 0) is 29.8 Å². The van der Waals surface area contributed by atoms with Crippen LogP contribution in [0.1, 0.15) is 15.9 Å². The molecule has 2 aromatic rings. The zero-order valence-electron chi connectivity index (χ0n) is 10.9. The molecule has 0 saturated carbocycles. The molecule has 0 atom stereocenters. The lowest BCUT2D eigenvalue weighted by Gasteiger charge is -2.01. The zero-order chi connectivity index (χ0) is 16.3. The SMILES string of the molecule is O=C(O)c1cc(N=Cc2ccc(Cl)c([N+](=O)[O-])c2)ccc1O. The summed E-state index contributed by atoms with van der Waals surface area (Å²) in [5.41, 5.74) is 0.188. The molecule has 0 fully saturated rings. The standard InChI is InChI=1S/C14H9ClN2O5/c15-11-3-1-8(5-12(11)17(21)22)7-16-9-2-4-13(18)10(6-9)14(19)20/h1-7,18H,(H,19,20). The number of rotatable bonds is 4. The Labute approximate surface area is 129 Å². The van der Waals surface area contributed by atoms with Gasteiger partial charge in [0.2, 0.25) is 0 Å². The van der Waals surface area contributed by atoms with Crippen molar-refractivity contribution in [3.63, 3.8) is 0 Å². The lowest BCUT2D eigenvalue weighted by atomic mass is 10.2. The predicted octanol–water partition coefficient (Wildman–Crippen LogP) is 3.40. The summed E-state index contributed by atoms with van der Waals surface area (Å²) in [5.74, 6) is -1.65. The summed E-state index contributed by atoms with van der Waals surface area (Å²) in [6.07, 6.45) is 1.33. The molecule has 0 aliphatic carbocycles. The third-order valence-electron chi connectivity index (χ3n) is 2.74. The number of carboxylic acids is 1. The molecule has 0 aliphatic rings. The number of hydrogen-bond acceptors (Lipinski definition) is 5. The minimum Gasteiger partial charge on any atom is -0.507 e. The molecular formula is C14H9ClN2O5. The number of nitrogens with zero attached hydrogens (tertiary/aromatic N) is 2. The summed E-state index contributed by atoms with van der Waals surface area (Å²) >= 11 is 5.70. The maximum absolute atomic E-state index is 10.9. The van der Waals surface area contributed by atoms with E-state index in [2.05, 4.69) is 4.99 Å². The summed E-state index contributed by atoms with van der Waals surface area (Å²) in [6, 6.07) is 7.99. The van der Waals surface area contributed by atoms with E-state index in [1.165, 1.54) is 42.6 Å². The first-order chi connectivity index (χ1) is 10.4. The van der Waals surface area contributed by atoms with Crippen molar-refractivity contribution in [2.75, 3.05) is 0 Å². The lowest BCUT2D eigenvalue weighted by molar-refractivity contribution is -0.384.